The molecule has 1 atom stereocenters. The predicted molar refractivity (Wildman–Crippen MR) is 44.9 cm³/mol. The van der Waals surface area contributed by atoms with Crippen molar-refractivity contribution in [1.29, 1.82) is 0 Å². The molecule has 0 aromatic carbocycles. The molecule has 0 spiro atoms. The zero-order valence-electron chi connectivity index (χ0n) is 6.34. The molecular weight excluding hydrogens is 146 g/mol. The molecule has 0 saturated heterocycles. The Bertz CT molecular complexity index is 172. The lowest BCUT2D eigenvalue weighted by atomic mass is 10.0. The minimum absolute atomic E-state index is 0.508. The minimum Gasteiger partial charge on any atom is -0.358 e. The van der Waals surface area contributed by atoms with E-state index in [1.807, 2.05) is 11.9 Å². The standard InChI is InChI=1S/C8H12ClN/c1-7-3-4-10(2)6-8(7)5-9/h3-4,6-7H,5H2,1-2H3. The third-order valence-corrected chi connectivity index (χ3v) is 2.03. The molecule has 1 aliphatic rings. The maximum absolute atomic E-state index is 5.71. The van der Waals surface area contributed by atoms with Gasteiger partial charge in [-0.15, -0.1) is 11.6 Å². The summed E-state index contributed by atoms with van der Waals surface area (Å²) in [7, 11) is 2.01. The summed E-state index contributed by atoms with van der Waals surface area (Å²) in [5.74, 6) is 1.14. The second kappa shape index (κ2) is 3.11. The van der Waals surface area contributed by atoms with Crippen LogP contribution in [0.25, 0.3) is 0 Å². The second-order valence-corrected chi connectivity index (χ2v) is 2.90. The van der Waals surface area contributed by atoms with E-state index in [1.54, 1.807) is 0 Å². The van der Waals surface area contributed by atoms with E-state index in [-0.39, 0.29) is 0 Å². The molecule has 10 heavy (non-hydrogen) atoms. The number of hydrogen-bond donors (Lipinski definition) is 0. The summed E-state index contributed by atoms with van der Waals surface area (Å²) >= 11 is 5.71. The zero-order chi connectivity index (χ0) is 7.56. The highest BCUT2D eigenvalue weighted by molar-refractivity contribution is 6.19. The fourth-order valence-corrected chi connectivity index (χ4v) is 1.28. The number of alkyl halides is 1. The summed E-state index contributed by atoms with van der Waals surface area (Å²) in [5.41, 5.74) is 1.28. The van der Waals surface area contributed by atoms with Crippen molar-refractivity contribution in [2.45, 2.75) is 6.92 Å². The summed E-state index contributed by atoms with van der Waals surface area (Å²) in [5, 5.41) is 0. The zero-order valence-corrected chi connectivity index (χ0v) is 7.10. The van der Waals surface area contributed by atoms with Gasteiger partial charge in [0, 0.05) is 19.1 Å². The van der Waals surface area contributed by atoms with Crippen LogP contribution < -0.4 is 0 Å². The summed E-state index contributed by atoms with van der Waals surface area (Å²) in [6.07, 6.45) is 6.29. The van der Waals surface area contributed by atoms with E-state index in [0.717, 1.165) is 0 Å². The van der Waals surface area contributed by atoms with Crippen LogP contribution in [-0.2, 0) is 0 Å². The Morgan fingerprint density at radius 3 is 2.90 bits per heavy atom. The molecule has 1 rings (SSSR count). The van der Waals surface area contributed by atoms with Crippen LogP contribution in [0.4, 0.5) is 0 Å². The Balaban J connectivity index is 2.69. The fourth-order valence-electron chi connectivity index (χ4n) is 0.967. The first kappa shape index (κ1) is 7.67. The molecular formula is C8H12ClN. The van der Waals surface area contributed by atoms with Crippen LogP contribution >= 0.6 is 11.6 Å². The van der Waals surface area contributed by atoms with Gasteiger partial charge in [-0.05, 0) is 17.7 Å². The summed E-state index contributed by atoms with van der Waals surface area (Å²) in [4.78, 5) is 2.03. The molecule has 0 fully saturated rings. The first-order valence-electron chi connectivity index (χ1n) is 3.41. The molecule has 0 saturated carbocycles. The van der Waals surface area contributed by atoms with Crippen LogP contribution in [0, 0.1) is 5.92 Å². The van der Waals surface area contributed by atoms with E-state index in [9.17, 15) is 0 Å². The summed E-state index contributed by atoms with van der Waals surface area (Å²) < 4.78 is 0. The quantitative estimate of drug-likeness (QED) is 0.528. The molecule has 2 heteroatoms. The first-order valence-corrected chi connectivity index (χ1v) is 3.94. The van der Waals surface area contributed by atoms with Gasteiger partial charge in [0.2, 0.25) is 0 Å². The van der Waals surface area contributed by atoms with E-state index in [1.165, 1.54) is 5.57 Å². The van der Waals surface area contributed by atoms with Crippen molar-refractivity contribution in [1.82, 2.24) is 4.90 Å². The lowest BCUT2D eigenvalue weighted by molar-refractivity contribution is 0.580. The van der Waals surface area contributed by atoms with Crippen molar-refractivity contribution in [3.8, 4) is 0 Å². The Hall–Kier alpha value is -0.430. The number of rotatable bonds is 1. The molecule has 0 amide bonds. The minimum atomic E-state index is 0.508. The molecule has 1 nitrogen and oxygen atoms in total. The highest BCUT2D eigenvalue weighted by atomic mass is 35.5. The van der Waals surface area contributed by atoms with Crippen molar-refractivity contribution >= 4 is 11.6 Å². The molecule has 0 radical (unpaired) electrons. The lowest BCUT2D eigenvalue weighted by Gasteiger charge is -2.19. The molecule has 56 valence electrons. The van der Waals surface area contributed by atoms with Crippen LogP contribution in [0.5, 0.6) is 0 Å². The predicted octanol–water partition coefficient (Wildman–Crippen LogP) is 2.20. The van der Waals surface area contributed by atoms with Crippen molar-refractivity contribution < 1.29 is 0 Å². The molecule has 0 aromatic heterocycles. The molecule has 1 heterocycles. The van der Waals surface area contributed by atoms with Gasteiger partial charge in [0.1, 0.15) is 0 Å². The van der Waals surface area contributed by atoms with Crippen molar-refractivity contribution in [2.75, 3.05) is 12.9 Å². The van der Waals surface area contributed by atoms with Gasteiger partial charge < -0.3 is 4.90 Å². The average Bonchev–Trinajstić information content (AvgIpc) is 1.94. The number of allylic oxidation sites excluding steroid dienone is 2. The maximum atomic E-state index is 5.71. The smallest absolute Gasteiger partial charge is 0.0456 e. The van der Waals surface area contributed by atoms with Crippen molar-refractivity contribution in [3.63, 3.8) is 0 Å². The highest BCUT2D eigenvalue weighted by Crippen LogP contribution is 2.18. The number of halogens is 1. The fraction of sp³-hybridized carbons (Fsp3) is 0.500. The molecule has 0 aromatic rings. The molecule has 0 bridgehead atoms. The number of hydrogen-bond acceptors (Lipinski definition) is 1. The van der Waals surface area contributed by atoms with E-state index < -0.39 is 0 Å². The van der Waals surface area contributed by atoms with Crippen LogP contribution in [-0.4, -0.2) is 17.8 Å². The Morgan fingerprint density at radius 2 is 2.40 bits per heavy atom. The normalized spacial score (nSPS) is 24.9. The Morgan fingerprint density at radius 1 is 1.70 bits per heavy atom. The summed E-state index contributed by atoms with van der Waals surface area (Å²) in [6.45, 7) is 2.15. The van der Waals surface area contributed by atoms with Gasteiger partial charge in [-0.1, -0.05) is 13.0 Å². The maximum Gasteiger partial charge on any atom is 0.0456 e. The SMILES string of the molecule is CC1C=CN(C)C=C1CCl. The topological polar surface area (TPSA) is 3.24 Å². The first-order chi connectivity index (χ1) is 4.74. The van der Waals surface area contributed by atoms with Crippen LogP contribution in [0.15, 0.2) is 24.0 Å². The van der Waals surface area contributed by atoms with Gasteiger partial charge in [-0.3, -0.25) is 0 Å². The van der Waals surface area contributed by atoms with Crippen LogP contribution in [0.1, 0.15) is 6.92 Å². The van der Waals surface area contributed by atoms with Crippen molar-refractivity contribution in [3.05, 3.63) is 24.0 Å². The third kappa shape index (κ3) is 1.54. The molecule has 1 unspecified atom stereocenters. The summed E-state index contributed by atoms with van der Waals surface area (Å²) in [6, 6.07) is 0. The van der Waals surface area contributed by atoms with Gasteiger partial charge in [0.25, 0.3) is 0 Å². The third-order valence-electron chi connectivity index (χ3n) is 1.72. The van der Waals surface area contributed by atoms with Gasteiger partial charge in [-0.2, -0.15) is 0 Å². The van der Waals surface area contributed by atoms with E-state index >= 15 is 0 Å². The Labute approximate surface area is 67.0 Å². The monoisotopic (exact) mass is 157 g/mol. The van der Waals surface area contributed by atoms with Crippen LogP contribution in [0.3, 0.4) is 0 Å². The highest BCUT2D eigenvalue weighted by Gasteiger charge is 2.08. The van der Waals surface area contributed by atoms with Crippen molar-refractivity contribution in [2.24, 2.45) is 5.92 Å². The second-order valence-electron chi connectivity index (χ2n) is 2.63. The van der Waals surface area contributed by atoms with Gasteiger partial charge in [-0.25, -0.2) is 0 Å². The van der Waals surface area contributed by atoms with E-state index in [4.69, 9.17) is 11.6 Å². The van der Waals surface area contributed by atoms with E-state index in [2.05, 4.69) is 25.4 Å². The Kier molecular flexibility index (Phi) is 2.39. The van der Waals surface area contributed by atoms with Crippen LogP contribution in [0.2, 0.25) is 0 Å². The molecule has 0 N–H and O–H groups in total. The van der Waals surface area contributed by atoms with Gasteiger partial charge in [0.15, 0.2) is 0 Å². The van der Waals surface area contributed by atoms with Gasteiger partial charge >= 0.3 is 0 Å². The number of nitrogens with zero attached hydrogens (tertiary/aromatic N) is 1. The molecule has 0 aliphatic carbocycles. The average molecular weight is 158 g/mol. The van der Waals surface area contributed by atoms with Gasteiger partial charge in [0.05, 0.1) is 0 Å². The van der Waals surface area contributed by atoms with E-state index in [0.29, 0.717) is 11.8 Å². The molecule has 1 aliphatic heterocycles. The lowest BCUT2D eigenvalue weighted by Crippen LogP contribution is -2.12. The largest absolute Gasteiger partial charge is 0.358 e.